The van der Waals surface area contributed by atoms with E-state index in [9.17, 15) is 0 Å². The highest BCUT2D eigenvalue weighted by atomic mass is 127. The van der Waals surface area contributed by atoms with Crippen LogP contribution in [-0.2, 0) is 6.54 Å². The first-order valence-electron chi connectivity index (χ1n) is 9.15. The van der Waals surface area contributed by atoms with Gasteiger partial charge in [0, 0.05) is 38.8 Å². The second-order valence-electron chi connectivity index (χ2n) is 6.78. The average Bonchev–Trinajstić information content (AvgIpc) is 3.15. The number of hydrogen-bond acceptors (Lipinski definition) is 4. The predicted octanol–water partition coefficient (Wildman–Crippen LogP) is 2.67. The summed E-state index contributed by atoms with van der Waals surface area (Å²) in [6.45, 7) is 11.5. The Balaban J connectivity index is 0.00000364. The molecule has 0 saturated carbocycles. The van der Waals surface area contributed by atoms with Crippen molar-refractivity contribution in [2.75, 3.05) is 20.1 Å². The minimum atomic E-state index is 0. The van der Waals surface area contributed by atoms with Gasteiger partial charge in [-0.15, -0.1) is 24.0 Å². The van der Waals surface area contributed by atoms with Gasteiger partial charge in [0.15, 0.2) is 5.96 Å². The molecule has 0 spiro atoms. The van der Waals surface area contributed by atoms with Crippen molar-refractivity contribution >= 4 is 29.9 Å². The van der Waals surface area contributed by atoms with E-state index in [0.717, 1.165) is 31.3 Å². The SMILES string of the molecule is CN=C(NCCN(C(C)C)C(C)C)NCc1ccc(-n2cncn2)cc1.I. The molecule has 2 rings (SSSR count). The number of nitrogens with zero attached hydrogens (tertiary/aromatic N) is 5. The molecule has 0 atom stereocenters. The van der Waals surface area contributed by atoms with Crippen LogP contribution in [0.5, 0.6) is 0 Å². The molecular formula is C19H32IN7. The summed E-state index contributed by atoms with van der Waals surface area (Å²) in [5.41, 5.74) is 2.18. The van der Waals surface area contributed by atoms with Gasteiger partial charge in [-0.1, -0.05) is 12.1 Å². The van der Waals surface area contributed by atoms with Gasteiger partial charge >= 0.3 is 0 Å². The first kappa shape index (κ1) is 23.4. The summed E-state index contributed by atoms with van der Waals surface area (Å²) in [5, 5.41) is 10.9. The fraction of sp³-hybridized carbons (Fsp3) is 0.526. The van der Waals surface area contributed by atoms with Crippen molar-refractivity contribution in [3.63, 3.8) is 0 Å². The lowest BCUT2D eigenvalue weighted by Gasteiger charge is -2.30. The fourth-order valence-corrected chi connectivity index (χ4v) is 2.93. The first-order chi connectivity index (χ1) is 12.5. The lowest BCUT2D eigenvalue weighted by atomic mass is 10.2. The average molecular weight is 485 g/mol. The van der Waals surface area contributed by atoms with E-state index < -0.39 is 0 Å². The maximum atomic E-state index is 4.30. The van der Waals surface area contributed by atoms with Crippen LogP contribution in [0.15, 0.2) is 41.9 Å². The number of aromatic nitrogens is 3. The summed E-state index contributed by atoms with van der Waals surface area (Å²) in [6, 6.07) is 9.30. The van der Waals surface area contributed by atoms with Gasteiger partial charge in [-0.25, -0.2) is 9.67 Å². The molecule has 2 N–H and O–H groups in total. The molecule has 0 amide bonds. The lowest BCUT2D eigenvalue weighted by molar-refractivity contribution is 0.178. The van der Waals surface area contributed by atoms with Gasteiger partial charge in [-0.2, -0.15) is 5.10 Å². The van der Waals surface area contributed by atoms with Crippen LogP contribution >= 0.6 is 24.0 Å². The van der Waals surface area contributed by atoms with Gasteiger partial charge in [0.25, 0.3) is 0 Å². The maximum absolute atomic E-state index is 4.30. The summed E-state index contributed by atoms with van der Waals surface area (Å²) in [6.07, 6.45) is 3.22. The number of aliphatic imine (C=N–C) groups is 1. The number of guanidine groups is 1. The third-order valence-electron chi connectivity index (χ3n) is 4.29. The van der Waals surface area contributed by atoms with E-state index >= 15 is 0 Å². The zero-order valence-corrected chi connectivity index (χ0v) is 19.2. The van der Waals surface area contributed by atoms with Crippen LogP contribution < -0.4 is 10.6 Å². The number of halogens is 1. The molecule has 8 heteroatoms. The van der Waals surface area contributed by atoms with Crippen LogP contribution in [-0.4, -0.2) is 57.8 Å². The van der Waals surface area contributed by atoms with Crippen molar-refractivity contribution < 1.29 is 0 Å². The fourth-order valence-electron chi connectivity index (χ4n) is 2.93. The van der Waals surface area contributed by atoms with E-state index in [-0.39, 0.29) is 24.0 Å². The molecule has 0 unspecified atom stereocenters. The van der Waals surface area contributed by atoms with Crippen molar-refractivity contribution in [2.45, 2.75) is 46.3 Å². The van der Waals surface area contributed by atoms with Crippen molar-refractivity contribution in [3.05, 3.63) is 42.5 Å². The summed E-state index contributed by atoms with van der Waals surface area (Å²) >= 11 is 0. The molecule has 7 nitrogen and oxygen atoms in total. The number of benzene rings is 1. The summed E-state index contributed by atoms with van der Waals surface area (Å²) in [5.74, 6) is 0.817. The smallest absolute Gasteiger partial charge is 0.191 e. The van der Waals surface area contributed by atoms with E-state index in [4.69, 9.17) is 0 Å². The van der Waals surface area contributed by atoms with Crippen LogP contribution in [0.4, 0.5) is 0 Å². The second kappa shape index (κ2) is 11.9. The van der Waals surface area contributed by atoms with Crippen LogP contribution in [0.25, 0.3) is 5.69 Å². The number of nitrogens with one attached hydrogen (secondary N) is 2. The summed E-state index contributed by atoms with van der Waals surface area (Å²) in [7, 11) is 1.80. The first-order valence-corrected chi connectivity index (χ1v) is 9.15. The van der Waals surface area contributed by atoms with E-state index in [1.165, 1.54) is 11.9 Å². The molecule has 1 aromatic heterocycles. The van der Waals surface area contributed by atoms with E-state index in [0.29, 0.717) is 12.1 Å². The zero-order valence-electron chi connectivity index (χ0n) is 16.9. The molecule has 0 bridgehead atoms. The highest BCUT2D eigenvalue weighted by Gasteiger charge is 2.12. The van der Waals surface area contributed by atoms with Crippen molar-refractivity contribution in [1.29, 1.82) is 0 Å². The lowest BCUT2D eigenvalue weighted by Crippen LogP contribution is -2.45. The Labute approximate surface area is 179 Å². The summed E-state index contributed by atoms with van der Waals surface area (Å²) in [4.78, 5) is 10.7. The van der Waals surface area contributed by atoms with Gasteiger partial charge in [-0.05, 0) is 45.4 Å². The molecule has 150 valence electrons. The normalized spacial score (nSPS) is 11.8. The van der Waals surface area contributed by atoms with Crippen molar-refractivity contribution in [3.8, 4) is 5.69 Å². The molecule has 0 aliphatic rings. The third kappa shape index (κ3) is 7.45. The monoisotopic (exact) mass is 485 g/mol. The Bertz CT molecular complexity index is 658. The molecule has 0 aliphatic heterocycles. The molecule has 2 aromatic rings. The van der Waals surface area contributed by atoms with Gasteiger partial charge in [0.05, 0.1) is 5.69 Å². The molecule has 1 heterocycles. The Morgan fingerprint density at radius 1 is 1.11 bits per heavy atom. The quantitative estimate of drug-likeness (QED) is 0.342. The topological polar surface area (TPSA) is 70.4 Å². The molecule has 1 aromatic carbocycles. The summed E-state index contributed by atoms with van der Waals surface area (Å²) < 4.78 is 1.74. The zero-order chi connectivity index (χ0) is 18.9. The van der Waals surface area contributed by atoms with Gasteiger partial charge in [0.2, 0.25) is 0 Å². The van der Waals surface area contributed by atoms with Crippen molar-refractivity contribution in [1.82, 2.24) is 30.3 Å². The minimum absolute atomic E-state index is 0. The molecule has 27 heavy (non-hydrogen) atoms. The highest BCUT2D eigenvalue weighted by Crippen LogP contribution is 2.08. The van der Waals surface area contributed by atoms with E-state index in [2.05, 4.69) is 70.4 Å². The predicted molar refractivity (Wildman–Crippen MR) is 122 cm³/mol. The van der Waals surface area contributed by atoms with Crippen LogP contribution in [0.3, 0.4) is 0 Å². The Hall–Kier alpha value is -1.68. The molecule has 0 radical (unpaired) electrons. The Kier molecular flexibility index (Phi) is 10.3. The van der Waals surface area contributed by atoms with Crippen molar-refractivity contribution in [2.24, 2.45) is 4.99 Å². The van der Waals surface area contributed by atoms with Crippen LogP contribution in [0.2, 0.25) is 0 Å². The van der Waals surface area contributed by atoms with Gasteiger partial charge in [0.1, 0.15) is 12.7 Å². The standard InChI is InChI=1S/C19H31N7.HI/c1-15(2)25(16(3)4)11-10-22-19(20-5)23-12-17-6-8-18(9-7-17)26-14-21-13-24-26;/h6-9,13-16H,10-12H2,1-5H3,(H2,20,22,23);1H. The largest absolute Gasteiger partial charge is 0.355 e. The van der Waals surface area contributed by atoms with Crippen LogP contribution in [0.1, 0.15) is 33.3 Å². The maximum Gasteiger partial charge on any atom is 0.191 e. The number of hydrogen-bond donors (Lipinski definition) is 2. The molecule has 0 saturated heterocycles. The molecule has 0 fully saturated rings. The molecule has 0 aliphatic carbocycles. The van der Waals surface area contributed by atoms with E-state index in [1.54, 1.807) is 18.1 Å². The number of rotatable bonds is 8. The van der Waals surface area contributed by atoms with Gasteiger partial charge in [-0.3, -0.25) is 9.89 Å². The van der Waals surface area contributed by atoms with E-state index in [1.807, 2.05) is 12.1 Å². The highest BCUT2D eigenvalue weighted by molar-refractivity contribution is 14.0. The molecular weight excluding hydrogens is 453 g/mol. The Morgan fingerprint density at radius 2 is 1.78 bits per heavy atom. The van der Waals surface area contributed by atoms with Crippen LogP contribution in [0, 0.1) is 0 Å². The second-order valence-corrected chi connectivity index (χ2v) is 6.78. The Morgan fingerprint density at radius 3 is 2.30 bits per heavy atom. The minimum Gasteiger partial charge on any atom is -0.355 e. The van der Waals surface area contributed by atoms with Gasteiger partial charge < -0.3 is 10.6 Å². The third-order valence-corrected chi connectivity index (χ3v) is 4.29.